The summed E-state index contributed by atoms with van der Waals surface area (Å²) in [5.41, 5.74) is 2.90. The van der Waals surface area contributed by atoms with E-state index in [2.05, 4.69) is 20.3 Å². The van der Waals surface area contributed by atoms with E-state index < -0.39 is 23.4 Å². The quantitative estimate of drug-likeness (QED) is 0.0593. The number of rotatable bonds is 9. The highest BCUT2D eigenvalue weighted by molar-refractivity contribution is 7.22. The number of thiazole rings is 3. The van der Waals surface area contributed by atoms with Crippen LogP contribution in [0.3, 0.4) is 0 Å². The van der Waals surface area contributed by atoms with Gasteiger partial charge < -0.3 is 58.4 Å². The number of aromatic nitrogens is 3. The number of nitrogens with one attached hydrogen (secondary N) is 1. The molecule has 12 aromatic rings. The van der Waals surface area contributed by atoms with Gasteiger partial charge in [-0.25, -0.2) is 38.9 Å². The highest BCUT2D eigenvalue weighted by Gasteiger charge is 2.24. The number of fused-ring (bicyclic) bond motifs is 5. The number of halogens is 5. The maximum Gasteiger partial charge on any atom is 0.415 e. The van der Waals surface area contributed by atoms with Gasteiger partial charge in [0.1, 0.15) is 83.0 Å². The van der Waals surface area contributed by atoms with Crippen molar-refractivity contribution in [1.82, 2.24) is 35.0 Å². The average molecular weight is 1580 g/mol. The van der Waals surface area contributed by atoms with Crippen LogP contribution in [0.25, 0.3) is 73.7 Å². The molecule has 0 atom stereocenters. The van der Waals surface area contributed by atoms with Gasteiger partial charge in [0.05, 0.1) is 63.2 Å². The minimum atomic E-state index is -0.511. The summed E-state index contributed by atoms with van der Waals surface area (Å²) in [7, 11) is 0. The molecule has 0 spiro atoms. The van der Waals surface area contributed by atoms with Crippen LogP contribution in [0.4, 0.5) is 14.4 Å². The van der Waals surface area contributed by atoms with Crippen LogP contribution in [0, 0.1) is 0 Å². The maximum absolute atomic E-state index is 12.6. The molecular formula is C74H64Cl5N7O16S3. The second kappa shape index (κ2) is 37.3. The summed E-state index contributed by atoms with van der Waals surface area (Å²) in [5.74, 6) is 0.607. The van der Waals surface area contributed by atoms with Gasteiger partial charge in [-0.3, -0.25) is 14.4 Å². The van der Waals surface area contributed by atoms with Gasteiger partial charge in [0.15, 0.2) is 12.6 Å². The zero-order valence-electron chi connectivity index (χ0n) is 55.7. The van der Waals surface area contributed by atoms with E-state index in [4.69, 9.17) is 91.3 Å². The predicted molar refractivity (Wildman–Crippen MR) is 410 cm³/mol. The number of ketones is 1. The lowest BCUT2D eigenvalue weighted by Crippen LogP contribution is -2.47. The number of amides is 3. The number of likely N-dealkylation sites (tertiary alicyclic amines) is 2. The van der Waals surface area contributed by atoms with Gasteiger partial charge in [-0.2, -0.15) is 0 Å². The number of hydrogen-bond acceptors (Lipinski definition) is 23. The van der Waals surface area contributed by atoms with Crippen molar-refractivity contribution in [2.45, 2.75) is 51.9 Å². The van der Waals surface area contributed by atoms with Gasteiger partial charge in [0, 0.05) is 87.4 Å². The first-order chi connectivity index (χ1) is 50.7. The molecule has 5 aromatic heterocycles. The van der Waals surface area contributed by atoms with Crippen LogP contribution in [-0.4, -0.2) is 139 Å². The molecule has 7 aromatic carbocycles. The fourth-order valence-corrected chi connectivity index (χ4v) is 14.6. The summed E-state index contributed by atoms with van der Waals surface area (Å²) in [6.45, 7) is 7.05. The Balaban J connectivity index is 0.000000147. The highest BCUT2D eigenvalue weighted by Crippen LogP contribution is 2.37. The molecule has 3 fully saturated rings. The van der Waals surface area contributed by atoms with E-state index >= 15 is 0 Å². The van der Waals surface area contributed by atoms with Crippen LogP contribution < -0.4 is 30.8 Å². The van der Waals surface area contributed by atoms with Crippen LogP contribution in [0.15, 0.2) is 158 Å². The van der Waals surface area contributed by atoms with Crippen molar-refractivity contribution in [3.8, 4) is 55.6 Å². The van der Waals surface area contributed by atoms with Gasteiger partial charge in [-0.05, 0) is 143 Å². The Morgan fingerprint density at radius 1 is 0.505 bits per heavy atom. The number of benzene rings is 7. The molecule has 23 nitrogen and oxygen atoms in total. The molecular weight excluding hydrogens is 1520 g/mol. The largest absolute Gasteiger partial charge is 0.508 e. The minimum absolute atomic E-state index is 0.0527. The van der Waals surface area contributed by atoms with Crippen LogP contribution in [-0.2, 0) is 11.2 Å². The number of carbonyl (C=O) groups is 6. The van der Waals surface area contributed by atoms with Crippen molar-refractivity contribution in [3.05, 3.63) is 192 Å². The van der Waals surface area contributed by atoms with Crippen LogP contribution in [0.2, 0.25) is 15.1 Å². The van der Waals surface area contributed by atoms with Crippen LogP contribution in [0.1, 0.15) is 71.2 Å². The zero-order chi connectivity index (χ0) is 74.7. The second-order valence-corrected chi connectivity index (χ2v) is 28.5. The van der Waals surface area contributed by atoms with Crippen molar-refractivity contribution in [2.75, 3.05) is 57.7 Å². The van der Waals surface area contributed by atoms with Crippen molar-refractivity contribution < 1.29 is 67.1 Å². The third-order valence-corrected chi connectivity index (χ3v) is 20.0. The number of aldehydes is 2. The third-order valence-electron chi connectivity index (χ3n) is 15.9. The Morgan fingerprint density at radius 3 is 1.30 bits per heavy atom. The Kier molecular flexibility index (Phi) is 27.7. The highest BCUT2D eigenvalue weighted by atomic mass is 35.5. The third kappa shape index (κ3) is 20.8. The number of phenolic OH excluding ortho intramolecular Hbond substituents is 3. The van der Waals surface area contributed by atoms with Crippen molar-refractivity contribution in [1.29, 1.82) is 0 Å². The number of Topliss-reactive ketones (excluding diaryl/α,β-unsaturated/α-hetero) is 1. The van der Waals surface area contributed by atoms with E-state index in [9.17, 15) is 43.5 Å². The first-order valence-electron chi connectivity index (χ1n) is 32.5. The van der Waals surface area contributed by atoms with Gasteiger partial charge in [-0.1, -0.05) is 53.0 Å². The number of alkyl halides is 2. The molecule has 3 amide bonds. The monoisotopic (exact) mass is 1580 g/mol. The molecule has 3 aliphatic rings. The lowest BCUT2D eigenvalue weighted by atomic mass is 10.1. The Labute approximate surface area is 635 Å². The number of piperazine rings is 1. The molecule has 105 heavy (non-hydrogen) atoms. The van der Waals surface area contributed by atoms with Gasteiger partial charge in [0.25, 0.3) is 0 Å². The topological polar surface area (TPSA) is 312 Å². The summed E-state index contributed by atoms with van der Waals surface area (Å²) in [6.07, 6.45) is 6.49. The van der Waals surface area contributed by atoms with Gasteiger partial charge >= 0.3 is 29.5 Å². The molecule has 0 saturated carbocycles. The first-order valence-corrected chi connectivity index (χ1v) is 37.1. The summed E-state index contributed by atoms with van der Waals surface area (Å²) in [6, 6.07) is 38.2. The van der Waals surface area contributed by atoms with Crippen LogP contribution in [0.5, 0.6) is 34.5 Å². The summed E-state index contributed by atoms with van der Waals surface area (Å²) in [4.78, 5) is 111. The number of phenols is 3. The van der Waals surface area contributed by atoms with Crippen molar-refractivity contribution in [3.63, 3.8) is 0 Å². The van der Waals surface area contributed by atoms with Gasteiger partial charge in [-0.15, -0.1) is 57.2 Å². The SMILES string of the molecule is CC(=O)Cc1nc2c(Cl)cccc2s1.ClCCl.O=C(Oc1ccc2cc(-c3nc4c(Cl)cccc4s3)c(=O)oc2c1)N1CCCCC1.O=C(Oc1ccc2cc(-c3nc4c(Cl)cccc4s3)c(=O)oc2c1)N1CCNCC1.O=Cc1ccc(O)cc1O.O=Cc1ccc(OC(=O)N2CCCCC2)cc1O. The fourth-order valence-electron chi connectivity index (χ4n) is 10.7. The number of aromatic hydroxyl groups is 3. The standard InChI is InChI=1S/C22H17ClN2O4S.C21H16ClN3O4S.C13H15NO4.C10H8ClNOS.C7H6O3.CH2Cl2/c23-16-5-4-6-18-19(16)24-20(30-18)15-11-13-7-8-14(12-17(13)29-21(15)26)28-22(27)25-9-2-1-3-10-25;22-15-2-1-3-17-18(15)24-19(30-17)14-10-12-4-5-13(11-16(12)29-20(14)26)28-21(27)25-8-6-23-7-9-25;15-9-10-4-5-11(8-12(10)16)18-13(17)14-6-2-1-3-7-14;1-6(13)5-9-12-10-7(11)3-2-4-8(10)14-9;8-4-5-1-2-6(9)3-7(5)10;2-1-3/h4-8,11-12H,1-3,9-10H2;1-5,10-11,23H,6-9H2;4-5,8-9,16H,1-3,6-7H2;2-4H,5H2,1H3;1-4,9-10H;1H2. The predicted octanol–water partition coefficient (Wildman–Crippen LogP) is 17.4. The summed E-state index contributed by atoms with van der Waals surface area (Å²) in [5, 5.41) is 35.6. The number of para-hydroxylation sites is 3. The van der Waals surface area contributed by atoms with E-state index in [1.807, 2.05) is 36.4 Å². The molecule has 31 heteroatoms. The number of hydrogen-bond donors (Lipinski definition) is 4. The van der Waals surface area contributed by atoms with E-state index in [1.165, 1.54) is 64.3 Å². The van der Waals surface area contributed by atoms with E-state index in [0.29, 0.717) is 139 Å². The lowest BCUT2D eigenvalue weighted by molar-refractivity contribution is -0.116. The van der Waals surface area contributed by atoms with Crippen molar-refractivity contribution in [2.24, 2.45) is 0 Å². The number of piperidine rings is 2. The fraction of sp³-hybridized carbons (Fsp3) is 0.230. The summed E-state index contributed by atoms with van der Waals surface area (Å²) < 4.78 is 29.9. The molecule has 0 bridgehead atoms. The zero-order valence-corrected chi connectivity index (χ0v) is 61.9. The minimum Gasteiger partial charge on any atom is -0.508 e. The molecule has 4 N–H and O–H groups in total. The smallest absolute Gasteiger partial charge is 0.415 e. The summed E-state index contributed by atoms with van der Waals surface area (Å²) >= 11 is 32.2. The van der Waals surface area contributed by atoms with Crippen LogP contribution >= 0.6 is 92.0 Å². The second-order valence-electron chi connectivity index (χ2n) is 23.3. The molecule has 15 rings (SSSR count). The first kappa shape index (κ1) is 77.9. The maximum atomic E-state index is 12.6. The van der Waals surface area contributed by atoms with E-state index in [-0.39, 0.29) is 51.3 Å². The average Bonchev–Trinajstić information content (AvgIpc) is 1.70. The molecule has 3 saturated heterocycles. The van der Waals surface area contributed by atoms with E-state index in [0.717, 1.165) is 82.3 Å². The normalized spacial score (nSPS) is 13.3. The Bertz CT molecular complexity index is 5060. The van der Waals surface area contributed by atoms with E-state index in [1.54, 1.807) is 88.4 Å². The Morgan fingerprint density at radius 2 is 0.895 bits per heavy atom. The molecule has 3 aliphatic heterocycles. The number of nitrogens with zero attached hydrogens (tertiary/aromatic N) is 6. The molecule has 0 radical (unpaired) electrons. The van der Waals surface area contributed by atoms with Crippen molar-refractivity contribution >= 4 is 181 Å². The van der Waals surface area contributed by atoms with Gasteiger partial charge in [0.2, 0.25) is 0 Å². The lowest BCUT2D eigenvalue weighted by Gasteiger charge is -2.26. The molecule has 544 valence electrons. The number of carbonyl (C=O) groups excluding carboxylic acids is 6. The number of ether oxygens (including phenoxy) is 3. The molecule has 8 heterocycles. The Hall–Kier alpha value is -9.74. The molecule has 0 unspecified atom stereocenters. The molecule has 0 aliphatic carbocycles.